The minimum atomic E-state index is -4.56. The van der Waals surface area contributed by atoms with E-state index >= 15 is 0 Å². The summed E-state index contributed by atoms with van der Waals surface area (Å²) in [6.07, 6.45) is 2.30. The van der Waals surface area contributed by atoms with Crippen molar-refractivity contribution in [3.05, 3.63) is 29.2 Å². The second-order valence-electron chi connectivity index (χ2n) is 8.32. The average Bonchev–Trinajstić information content (AvgIpc) is 3.36. The number of nitrogens with one attached hydrogen (secondary N) is 1. The molecule has 1 amide bonds. The first-order valence-corrected chi connectivity index (χ1v) is 9.80. The Morgan fingerprint density at radius 1 is 1.18 bits per heavy atom. The molecule has 1 saturated carbocycles. The number of carbonyl (C=O) groups excluding carboxylic acids is 1. The lowest BCUT2D eigenvalue weighted by atomic mass is 9.98. The van der Waals surface area contributed by atoms with Gasteiger partial charge in [-0.1, -0.05) is 0 Å². The summed E-state index contributed by atoms with van der Waals surface area (Å²) in [5.74, 6) is -0.348. The SMILES string of the molecule is CN1C2CCC1CC(NC(=O)c1cnn3c(C(F)(F)F)cc(C4CC4)nc13)C2. The molecule has 2 aliphatic heterocycles. The van der Waals surface area contributed by atoms with Gasteiger partial charge in [-0.05, 0) is 51.6 Å². The predicted octanol–water partition coefficient (Wildman–Crippen LogP) is 2.98. The van der Waals surface area contributed by atoms with Crippen LogP contribution < -0.4 is 5.32 Å². The van der Waals surface area contributed by atoms with E-state index in [4.69, 9.17) is 0 Å². The standard InChI is InChI=1S/C19H22F3N5O/c1-26-12-4-5-13(26)7-11(6-12)24-18(28)14-9-23-27-16(19(20,21)22)8-15(10-2-3-10)25-17(14)27/h8-13H,2-7H2,1H3,(H,24,28). The monoisotopic (exact) mass is 393 g/mol. The molecule has 3 aliphatic rings. The fourth-order valence-electron chi connectivity index (χ4n) is 4.72. The highest BCUT2D eigenvalue weighted by Crippen LogP contribution is 2.41. The Morgan fingerprint density at radius 2 is 1.86 bits per heavy atom. The van der Waals surface area contributed by atoms with Crippen LogP contribution in [0.4, 0.5) is 13.2 Å². The summed E-state index contributed by atoms with van der Waals surface area (Å²) in [6.45, 7) is 0. The fourth-order valence-corrected chi connectivity index (χ4v) is 4.72. The van der Waals surface area contributed by atoms with Crippen LogP contribution in [0.5, 0.6) is 0 Å². The maximum Gasteiger partial charge on any atom is 0.433 e. The van der Waals surface area contributed by atoms with Crippen LogP contribution in [0.15, 0.2) is 12.3 Å². The molecule has 0 spiro atoms. The van der Waals surface area contributed by atoms with Crippen molar-refractivity contribution in [1.29, 1.82) is 0 Å². The van der Waals surface area contributed by atoms with E-state index in [-0.39, 0.29) is 23.2 Å². The molecule has 2 aromatic heterocycles. The normalized spacial score (nSPS) is 28.1. The summed E-state index contributed by atoms with van der Waals surface area (Å²) in [6, 6.07) is 2.02. The first kappa shape index (κ1) is 17.9. The quantitative estimate of drug-likeness (QED) is 0.871. The van der Waals surface area contributed by atoms with Gasteiger partial charge in [-0.3, -0.25) is 4.79 Å². The summed E-state index contributed by atoms with van der Waals surface area (Å²) in [4.78, 5) is 19.6. The Morgan fingerprint density at radius 3 is 2.46 bits per heavy atom. The number of hydrogen-bond donors (Lipinski definition) is 1. The number of rotatable bonds is 3. The Hall–Kier alpha value is -2.16. The number of halogens is 3. The minimum absolute atomic E-state index is 0.00914. The Labute approximate surface area is 160 Å². The molecule has 5 rings (SSSR count). The highest BCUT2D eigenvalue weighted by molar-refractivity contribution is 5.99. The lowest BCUT2D eigenvalue weighted by molar-refractivity contribution is -0.142. The van der Waals surface area contributed by atoms with E-state index in [2.05, 4.69) is 27.3 Å². The molecule has 2 atom stereocenters. The molecule has 3 fully saturated rings. The average molecular weight is 393 g/mol. The third-order valence-corrected chi connectivity index (χ3v) is 6.46. The molecule has 0 radical (unpaired) electrons. The van der Waals surface area contributed by atoms with E-state index in [1.807, 2.05) is 0 Å². The van der Waals surface area contributed by atoms with Gasteiger partial charge in [0.25, 0.3) is 5.91 Å². The van der Waals surface area contributed by atoms with E-state index in [0.29, 0.717) is 17.8 Å². The maximum atomic E-state index is 13.5. The Balaban J connectivity index is 1.46. The zero-order valence-electron chi connectivity index (χ0n) is 15.5. The number of piperidine rings is 1. The molecule has 2 bridgehead atoms. The van der Waals surface area contributed by atoms with Crippen LogP contribution >= 0.6 is 0 Å². The molecule has 28 heavy (non-hydrogen) atoms. The van der Waals surface area contributed by atoms with Gasteiger partial charge in [0, 0.05) is 29.7 Å². The van der Waals surface area contributed by atoms with E-state index in [1.54, 1.807) is 0 Å². The van der Waals surface area contributed by atoms with Crippen LogP contribution in [0.1, 0.15) is 66.2 Å². The molecule has 2 saturated heterocycles. The molecule has 1 aliphatic carbocycles. The van der Waals surface area contributed by atoms with Crippen LogP contribution in [0.25, 0.3) is 5.65 Å². The second kappa shape index (κ2) is 6.17. The third kappa shape index (κ3) is 2.96. The van der Waals surface area contributed by atoms with Gasteiger partial charge in [-0.2, -0.15) is 18.3 Å². The zero-order chi connectivity index (χ0) is 19.6. The maximum absolute atomic E-state index is 13.5. The molecule has 4 heterocycles. The number of nitrogens with zero attached hydrogens (tertiary/aromatic N) is 4. The van der Waals surface area contributed by atoms with Crippen LogP contribution in [0.2, 0.25) is 0 Å². The predicted molar refractivity (Wildman–Crippen MR) is 95.0 cm³/mol. The molecular weight excluding hydrogens is 371 g/mol. The summed E-state index contributed by atoms with van der Waals surface area (Å²) in [5.41, 5.74) is -0.383. The van der Waals surface area contributed by atoms with Gasteiger partial charge in [0.05, 0.1) is 6.20 Å². The number of alkyl halides is 3. The summed E-state index contributed by atoms with van der Waals surface area (Å²) < 4.78 is 41.3. The second-order valence-corrected chi connectivity index (χ2v) is 8.32. The fraction of sp³-hybridized carbons (Fsp3) is 0.632. The summed E-state index contributed by atoms with van der Waals surface area (Å²) in [5, 5.41) is 6.86. The van der Waals surface area contributed by atoms with Crippen LogP contribution in [-0.4, -0.2) is 50.6 Å². The Bertz CT molecular complexity index is 922. The van der Waals surface area contributed by atoms with Crippen LogP contribution in [0, 0.1) is 0 Å². The van der Waals surface area contributed by atoms with Crippen molar-refractivity contribution in [2.24, 2.45) is 0 Å². The highest BCUT2D eigenvalue weighted by atomic mass is 19.4. The number of hydrogen-bond acceptors (Lipinski definition) is 4. The van der Waals surface area contributed by atoms with Crippen molar-refractivity contribution in [2.75, 3.05) is 7.05 Å². The van der Waals surface area contributed by atoms with Crippen molar-refractivity contribution < 1.29 is 18.0 Å². The number of carbonyl (C=O) groups is 1. The molecule has 2 aromatic rings. The van der Waals surface area contributed by atoms with E-state index in [1.165, 1.54) is 6.20 Å². The summed E-state index contributed by atoms with van der Waals surface area (Å²) in [7, 11) is 2.12. The van der Waals surface area contributed by atoms with Gasteiger partial charge >= 0.3 is 6.18 Å². The van der Waals surface area contributed by atoms with Crippen LogP contribution in [-0.2, 0) is 6.18 Å². The molecule has 0 aromatic carbocycles. The van der Waals surface area contributed by atoms with Crippen molar-refractivity contribution >= 4 is 11.6 Å². The highest BCUT2D eigenvalue weighted by Gasteiger charge is 2.40. The number of amides is 1. The largest absolute Gasteiger partial charge is 0.433 e. The molecule has 150 valence electrons. The van der Waals surface area contributed by atoms with Gasteiger partial charge in [0.15, 0.2) is 5.65 Å². The number of aromatic nitrogens is 3. The Kier molecular flexibility index (Phi) is 3.94. The van der Waals surface area contributed by atoms with Crippen molar-refractivity contribution in [2.45, 2.75) is 68.7 Å². The molecular formula is C19H22F3N5O. The molecule has 6 nitrogen and oxygen atoms in total. The first-order valence-electron chi connectivity index (χ1n) is 9.80. The van der Waals surface area contributed by atoms with Gasteiger partial charge < -0.3 is 10.2 Å². The molecule has 1 N–H and O–H groups in total. The van der Waals surface area contributed by atoms with Crippen LogP contribution in [0.3, 0.4) is 0 Å². The third-order valence-electron chi connectivity index (χ3n) is 6.46. The van der Waals surface area contributed by atoms with Crippen molar-refractivity contribution in [3.63, 3.8) is 0 Å². The van der Waals surface area contributed by atoms with Crippen molar-refractivity contribution in [3.8, 4) is 0 Å². The summed E-state index contributed by atoms with van der Waals surface area (Å²) >= 11 is 0. The lowest BCUT2D eigenvalue weighted by Crippen LogP contribution is -2.48. The lowest BCUT2D eigenvalue weighted by Gasteiger charge is -2.36. The minimum Gasteiger partial charge on any atom is -0.349 e. The van der Waals surface area contributed by atoms with Gasteiger partial charge in [-0.25, -0.2) is 9.50 Å². The first-order chi connectivity index (χ1) is 13.3. The molecule has 9 heteroatoms. The smallest absolute Gasteiger partial charge is 0.349 e. The van der Waals surface area contributed by atoms with Gasteiger partial charge in [-0.15, -0.1) is 0 Å². The van der Waals surface area contributed by atoms with E-state index < -0.39 is 17.8 Å². The molecule has 2 unspecified atom stereocenters. The van der Waals surface area contributed by atoms with Gasteiger partial charge in [0.1, 0.15) is 11.3 Å². The van der Waals surface area contributed by atoms with E-state index in [0.717, 1.165) is 49.1 Å². The zero-order valence-corrected chi connectivity index (χ0v) is 15.5. The topological polar surface area (TPSA) is 62.5 Å². The van der Waals surface area contributed by atoms with E-state index in [9.17, 15) is 18.0 Å². The van der Waals surface area contributed by atoms with Crippen molar-refractivity contribution in [1.82, 2.24) is 24.8 Å². The number of fused-ring (bicyclic) bond motifs is 3. The van der Waals surface area contributed by atoms with Gasteiger partial charge in [0.2, 0.25) is 0 Å².